The summed E-state index contributed by atoms with van der Waals surface area (Å²) in [7, 11) is 1.65. The smallest absolute Gasteiger partial charge is 0.261 e. The number of unbranched alkanes of at least 4 members (excludes halogenated alkanes) is 1. The van der Waals surface area contributed by atoms with Crippen molar-refractivity contribution in [3.63, 3.8) is 0 Å². The Morgan fingerprint density at radius 2 is 1.23 bits per heavy atom. The number of rotatable bonds is 8. The molecule has 5 heteroatoms. The van der Waals surface area contributed by atoms with Gasteiger partial charge in [0.2, 0.25) is 0 Å². The van der Waals surface area contributed by atoms with Gasteiger partial charge >= 0.3 is 0 Å². The van der Waals surface area contributed by atoms with Gasteiger partial charge in [0.15, 0.2) is 0 Å². The van der Waals surface area contributed by atoms with Crippen LogP contribution in [-0.2, 0) is 0 Å². The van der Waals surface area contributed by atoms with E-state index in [0.29, 0.717) is 30.7 Å². The Kier molecular flexibility index (Phi) is 5.80. The second-order valence-electron chi connectivity index (χ2n) is 7.12. The molecular formula is C25H23NO4. The number of hydrogen-bond acceptors (Lipinski definition) is 4. The predicted molar refractivity (Wildman–Crippen MR) is 115 cm³/mol. The average Bonchev–Trinajstić information content (AvgIpc) is 3.04. The van der Waals surface area contributed by atoms with Gasteiger partial charge in [0, 0.05) is 6.54 Å². The number of benzene rings is 3. The van der Waals surface area contributed by atoms with Crippen molar-refractivity contribution in [3.05, 3.63) is 83.9 Å². The molecule has 1 aliphatic rings. The number of carbonyl (C=O) groups is 2. The van der Waals surface area contributed by atoms with Crippen molar-refractivity contribution in [2.24, 2.45) is 0 Å². The minimum absolute atomic E-state index is 0.203. The lowest BCUT2D eigenvalue weighted by molar-refractivity contribution is 0.0649. The number of nitrogens with zero attached hydrogens (tertiary/aromatic N) is 1. The van der Waals surface area contributed by atoms with Crippen LogP contribution in [0.4, 0.5) is 0 Å². The second-order valence-corrected chi connectivity index (χ2v) is 7.12. The molecule has 0 saturated heterocycles. The second kappa shape index (κ2) is 8.82. The number of ether oxygens (including phenoxy) is 2. The Hall–Kier alpha value is -3.60. The molecular weight excluding hydrogens is 378 g/mol. The van der Waals surface area contributed by atoms with Gasteiger partial charge in [0.05, 0.1) is 24.8 Å². The molecule has 30 heavy (non-hydrogen) atoms. The molecule has 3 aromatic carbocycles. The first-order valence-electron chi connectivity index (χ1n) is 10.00. The van der Waals surface area contributed by atoms with E-state index < -0.39 is 0 Å². The lowest BCUT2D eigenvalue weighted by Crippen LogP contribution is -2.30. The first-order valence-corrected chi connectivity index (χ1v) is 10.00. The quantitative estimate of drug-likeness (QED) is 0.401. The predicted octanol–water partition coefficient (Wildman–Crippen LogP) is 4.82. The van der Waals surface area contributed by atoms with Crippen molar-refractivity contribution in [1.29, 1.82) is 0 Å². The fraction of sp³-hybridized carbons (Fsp3) is 0.200. The molecule has 5 nitrogen and oxygen atoms in total. The van der Waals surface area contributed by atoms with Crippen LogP contribution in [0.2, 0.25) is 0 Å². The minimum Gasteiger partial charge on any atom is -0.497 e. The van der Waals surface area contributed by atoms with Crippen molar-refractivity contribution in [1.82, 2.24) is 4.90 Å². The fourth-order valence-corrected chi connectivity index (χ4v) is 3.53. The van der Waals surface area contributed by atoms with Crippen LogP contribution in [0, 0.1) is 0 Å². The van der Waals surface area contributed by atoms with Crippen LogP contribution < -0.4 is 9.47 Å². The van der Waals surface area contributed by atoms with E-state index in [0.717, 1.165) is 29.0 Å². The summed E-state index contributed by atoms with van der Waals surface area (Å²) in [5, 5.41) is 0. The maximum absolute atomic E-state index is 12.3. The first-order chi connectivity index (χ1) is 14.7. The van der Waals surface area contributed by atoms with Gasteiger partial charge in [0.25, 0.3) is 11.8 Å². The summed E-state index contributed by atoms with van der Waals surface area (Å²) in [6.45, 7) is 0.942. The number of fused-ring (bicyclic) bond motifs is 1. The fourth-order valence-electron chi connectivity index (χ4n) is 3.53. The van der Waals surface area contributed by atoms with Gasteiger partial charge in [-0.25, -0.2) is 0 Å². The maximum Gasteiger partial charge on any atom is 0.261 e. The van der Waals surface area contributed by atoms with Crippen molar-refractivity contribution in [2.45, 2.75) is 12.8 Å². The molecule has 0 aliphatic carbocycles. The zero-order chi connectivity index (χ0) is 20.9. The van der Waals surface area contributed by atoms with Crippen molar-refractivity contribution in [3.8, 4) is 22.6 Å². The Labute approximate surface area is 175 Å². The van der Waals surface area contributed by atoms with Crippen LogP contribution in [0.3, 0.4) is 0 Å². The molecule has 0 fully saturated rings. The van der Waals surface area contributed by atoms with Gasteiger partial charge in [-0.15, -0.1) is 0 Å². The molecule has 0 bridgehead atoms. The molecule has 0 radical (unpaired) electrons. The molecule has 0 saturated carbocycles. The van der Waals surface area contributed by atoms with Gasteiger partial charge in [-0.2, -0.15) is 0 Å². The van der Waals surface area contributed by atoms with E-state index in [1.165, 1.54) is 4.90 Å². The standard InChI is InChI=1S/C25H23NO4/c1-29-20-12-8-18(9-13-20)19-10-14-21(15-11-19)30-17-5-4-16-26-24(27)22-6-2-3-7-23(22)25(26)28/h2-3,6-15H,4-5,16-17H2,1H3. The number of imide groups is 1. The Balaban J connectivity index is 1.23. The molecule has 4 rings (SSSR count). The van der Waals surface area contributed by atoms with E-state index in [1.807, 2.05) is 48.5 Å². The van der Waals surface area contributed by atoms with Gasteiger partial charge in [-0.3, -0.25) is 14.5 Å². The van der Waals surface area contributed by atoms with E-state index in [4.69, 9.17) is 9.47 Å². The number of hydrogen-bond donors (Lipinski definition) is 0. The topological polar surface area (TPSA) is 55.8 Å². The van der Waals surface area contributed by atoms with E-state index in [2.05, 4.69) is 0 Å². The van der Waals surface area contributed by atoms with Crippen molar-refractivity contribution >= 4 is 11.8 Å². The number of methoxy groups -OCH3 is 1. The zero-order valence-corrected chi connectivity index (χ0v) is 16.8. The molecule has 2 amide bonds. The lowest BCUT2D eigenvalue weighted by Gasteiger charge is -2.13. The highest BCUT2D eigenvalue weighted by Crippen LogP contribution is 2.25. The normalized spacial score (nSPS) is 12.8. The van der Waals surface area contributed by atoms with Gasteiger partial charge in [0.1, 0.15) is 11.5 Å². The molecule has 0 unspecified atom stereocenters. The van der Waals surface area contributed by atoms with Crippen LogP contribution in [0.15, 0.2) is 72.8 Å². The van der Waals surface area contributed by atoms with Gasteiger partial charge in [-0.1, -0.05) is 36.4 Å². The van der Waals surface area contributed by atoms with Crippen LogP contribution in [-0.4, -0.2) is 37.0 Å². The zero-order valence-electron chi connectivity index (χ0n) is 16.8. The van der Waals surface area contributed by atoms with Crippen LogP contribution in [0.1, 0.15) is 33.6 Å². The molecule has 0 aromatic heterocycles. The van der Waals surface area contributed by atoms with Crippen molar-refractivity contribution < 1.29 is 19.1 Å². The molecule has 152 valence electrons. The highest BCUT2D eigenvalue weighted by atomic mass is 16.5. The largest absolute Gasteiger partial charge is 0.497 e. The summed E-state index contributed by atoms with van der Waals surface area (Å²) in [6, 6.07) is 22.8. The SMILES string of the molecule is COc1ccc(-c2ccc(OCCCCN3C(=O)c4ccccc4C3=O)cc2)cc1. The van der Waals surface area contributed by atoms with Crippen LogP contribution in [0.25, 0.3) is 11.1 Å². The van der Waals surface area contributed by atoms with Crippen LogP contribution in [0.5, 0.6) is 11.5 Å². The third-order valence-corrected chi connectivity index (χ3v) is 5.20. The Morgan fingerprint density at radius 3 is 1.77 bits per heavy atom. The highest BCUT2D eigenvalue weighted by Gasteiger charge is 2.34. The highest BCUT2D eigenvalue weighted by molar-refractivity contribution is 6.21. The Bertz CT molecular complexity index is 1010. The lowest BCUT2D eigenvalue weighted by atomic mass is 10.1. The molecule has 1 aliphatic heterocycles. The minimum atomic E-state index is -0.203. The Morgan fingerprint density at radius 1 is 0.700 bits per heavy atom. The third kappa shape index (κ3) is 4.06. The maximum atomic E-state index is 12.3. The summed E-state index contributed by atoms with van der Waals surface area (Å²) in [5.41, 5.74) is 3.21. The molecule has 3 aromatic rings. The van der Waals surface area contributed by atoms with E-state index in [1.54, 1.807) is 31.4 Å². The third-order valence-electron chi connectivity index (χ3n) is 5.20. The van der Waals surface area contributed by atoms with Crippen molar-refractivity contribution in [2.75, 3.05) is 20.3 Å². The monoisotopic (exact) mass is 401 g/mol. The summed E-state index contributed by atoms with van der Waals surface area (Å²) >= 11 is 0. The summed E-state index contributed by atoms with van der Waals surface area (Å²) in [6.07, 6.45) is 1.46. The van der Waals surface area contributed by atoms with Gasteiger partial charge in [-0.05, 0) is 60.4 Å². The average molecular weight is 401 g/mol. The number of carbonyl (C=O) groups excluding carboxylic acids is 2. The molecule has 0 spiro atoms. The van der Waals surface area contributed by atoms with E-state index >= 15 is 0 Å². The molecule has 0 atom stereocenters. The molecule has 1 heterocycles. The molecule has 0 N–H and O–H groups in total. The van der Waals surface area contributed by atoms with Crippen LogP contribution >= 0.6 is 0 Å². The number of amides is 2. The summed E-state index contributed by atoms with van der Waals surface area (Å²) in [5.74, 6) is 1.23. The first kappa shape index (κ1) is 19.7. The van der Waals surface area contributed by atoms with E-state index in [-0.39, 0.29) is 11.8 Å². The summed E-state index contributed by atoms with van der Waals surface area (Å²) < 4.78 is 11.0. The summed E-state index contributed by atoms with van der Waals surface area (Å²) in [4.78, 5) is 26.0. The van der Waals surface area contributed by atoms with E-state index in [9.17, 15) is 9.59 Å². The van der Waals surface area contributed by atoms with Gasteiger partial charge < -0.3 is 9.47 Å².